The van der Waals surface area contributed by atoms with Gasteiger partial charge in [-0.25, -0.2) is 0 Å². The maximum atomic E-state index is 10.4. The Morgan fingerprint density at radius 2 is 1.71 bits per heavy atom. The molecule has 0 amide bonds. The molecule has 0 aliphatic rings. The fourth-order valence-corrected chi connectivity index (χ4v) is 1.74. The van der Waals surface area contributed by atoms with Crippen LogP contribution in [0.25, 0.3) is 0 Å². The Bertz CT molecular complexity index is 195. The quantitative estimate of drug-likeness (QED) is 0.640. The molecule has 0 aliphatic carbocycles. The normalized spacial score (nSPS) is 13.9. The standard InChI is InChI=1S/C13H24O/c1-5-8-9-12(4)13(14,10-6-2)11-7-3/h5,8-9,14H,6-7,10-11H2,1-4H3/b8-5-,12-9+. The molecule has 0 aliphatic heterocycles. The smallest absolute Gasteiger partial charge is 0.0856 e. The Morgan fingerprint density at radius 3 is 2.07 bits per heavy atom. The summed E-state index contributed by atoms with van der Waals surface area (Å²) in [5, 5.41) is 10.4. The van der Waals surface area contributed by atoms with Crippen LogP contribution in [0, 0.1) is 0 Å². The molecule has 1 N–H and O–H groups in total. The number of allylic oxidation sites excluding steroid dienone is 3. The van der Waals surface area contributed by atoms with Crippen LogP contribution in [0.3, 0.4) is 0 Å². The highest BCUT2D eigenvalue weighted by molar-refractivity contribution is 5.19. The minimum absolute atomic E-state index is 0.580. The molecule has 0 radical (unpaired) electrons. The van der Waals surface area contributed by atoms with Gasteiger partial charge in [-0.1, -0.05) is 44.9 Å². The largest absolute Gasteiger partial charge is 0.386 e. The molecule has 0 unspecified atom stereocenters. The van der Waals surface area contributed by atoms with E-state index >= 15 is 0 Å². The van der Waals surface area contributed by atoms with Crippen molar-refractivity contribution >= 4 is 0 Å². The summed E-state index contributed by atoms with van der Waals surface area (Å²) in [6.45, 7) is 8.24. The van der Waals surface area contributed by atoms with Gasteiger partial charge in [-0.15, -0.1) is 0 Å². The summed E-state index contributed by atoms with van der Waals surface area (Å²) >= 11 is 0. The Kier molecular flexibility index (Phi) is 6.56. The molecule has 14 heavy (non-hydrogen) atoms. The summed E-state index contributed by atoms with van der Waals surface area (Å²) in [4.78, 5) is 0. The maximum Gasteiger partial charge on any atom is 0.0856 e. The van der Waals surface area contributed by atoms with Gasteiger partial charge in [0.25, 0.3) is 0 Å². The van der Waals surface area contributed by atoms with Gasteiger partial charge < -0.3 is 5.11 Å². The van der Waals surface area contributed by atoms with Gasteiger partial charge in [-0.05, 0) is 32.3 Å². The topological polar surface area (TPSA) is 20.2 Å². The van der Waals surface area contributed by atoms with Crippen molar-refractivity contribution in [2.75, 3.05) is 0 Å². The van der Waals surface area contributed by atoms with E-state index < -0.39 is 5.60 Å². The lowest BCUT2D eigenvalue weighted by Crippen LogP contribution is -2.29. The lowest BCUT2D eigenvalue weighted by molar-refractivity contribution is 0.0583. The molecule has 0 saturated carbocycles. The molecule has 0 aromatic heterocycles. The molecule has 0 fully saturated rings. The monoisotopic (exact) mass is 196 g/mol. The van der Waals surface area contributed by atoms with Gasteiger partial charge in [0.2, 0.25) is 0 Å². The van der Waals surface area contributed by atoms with Gasteiger partial charge in [0, 0.05) is 0 Å². The van der Waals surface area contributed by atoms with Crippen LogP contribution in [-0.2, 0) is 0 Å². The molecular formula is C13H24O. The van der Waals surface area contributed by atoms with Crippen LogP contribution in [0.2, 0.25) is 0 Å². The SMILES string of the molecule is C/C=C\C=C(/C)C(O)(CCC)CCC. The fourth-order valence-electron chi connectivity index (χ4n) is 1.74. The van der Waals surface area contributed by atoms with E-state index in [0.717, 1.165) is 31.3 Å². The molecule has 0 spiro atoms. The van der Waals surface area contributed by atoms with Crippen LogP contribution in [0.4, 0.5) is 0 Å². The van der Waals surface area contributed by atoms with E-state index in [-0.39, 0.29) is 0 Å². The predicted octanol–water partition coefficient (Wildman–Crippen LogP) is 3.84. The Balaban J connectivity index is 4.61. The first kappa shape index (κ1) is 13.4. The van der Waals surface area contributed by atoms with Gasteiger partial charge >= 0.3 is 0 Å². The first-order chi connectivity index (χ1) is 6.60. The molecule has 0 aromatic carbocycles. The fraction of sp³-hybridized carbons (Fsp3) is 0.692. The van der Waals surface area contributed by atoms with E-state index in [0.29, 0.717) is 0 Å². The summed E-state index contributed by atoms with van der Waals surface area (Å²) in [5.74, 6) is 0. The van der Waals surface area contributed by atoms with Crippen LogP contribution in [0.15, 0.2) is 23.8 Å². The molecular weight excluding hydrogens is 172 g/mol. The Hall–Kier alpha value is -0.560. The van der Waals surface area contributed by atoms with Crippen molar-refractivity contribution in [3.05, 3.63) is 23.8 Å². The van der Waals surface area contributed by atoms with Crippen molar-refractivity contribution in [3.63, 3.8) is 0 Å². The predicted molar refractivity (Wildman–Crippen MR) is 63.3 cm³/mol. The van der Waals surface area contributed by atoms with Crippen LogP contribution in [0.1, 0.15) is 53.4 Å². The average Bonchev–Trinajstić information content (AvgIpc) is 2.15. The average molecular weight is 196 g/mol. The molecule has 0 heterocycles. The maximum absolute atomic E-state index is 10.4. The van der Waals surface area contributed by atoms with Crippen molar-refractivity contribution in [3.8, 4) is 0 Å². The highest BCUT2D eigenvalue weighted by Gasteiger charge is 2.26. The van der Waals surface area contributed by atoms with Crippen molar-refractivity contribution in [1.29, 1.82) is 0 Å². The van der Waals surface area contributed by atoms with E-state index in [4.69, 9.17) is 0 Å². The molecule has 1 nitrogen and oxygen atoms in total. The summed E-state index contributed by atoms with van der Waals surface area (Å²) in [5.41, 5.74) is 0.502. The van der Waals surface area contributed by atoms with Crippen LogP contribution >= 0.6 is 0 Å². The van der Waals surface area contributed by atoms with Crippen LogP contribution < -0.4 is 0 Å². The summed E-state index contributed by atoms with van der Waals surface area (Å²) in [6.07, 6.45) is 9.77. The zero-order valence-electron chi connectivity index (χ0n) is 10.0. The molecule has 0 bridgehead atoms. The van der Waals surface area contributed by atoms with Crippen LogP contribution in [-0.4, -0.2) is 10.7 Å². The van der Waals surface area contributed by atoms with E-state index in [2.05, 4.69) is 13.8 Å². The molecule has 0 atom stereocenters. The third-order valence-corrected chi connectivity index (χ3v) is 2.60. The second-order valence-electron chi connectivity index (χ2n) is 3.91. The number of aliphatic hydroxyl groups is 1. The minimum atomic E-state index is -0.580. The molecule has 0 rings (SSSR count). The van der Waals surface area contributed by atoms with E-state index in [1.807, 2.05) is 32.1 Å². The zero-order chi connectivity index (χ0) is 11.0. The lowest BCUT2D eigenvalue weighted by Gasteiger charge is -2.28. The number of rotatable bonds is 6. The van der Waals surface area contributed by atoms with Crippen molar-refractivity contribution in [1.82, 2.24) is 0 Å². The Labute approximate surface area is 88.5 Å². The van der Waals surface area contributed by atoms with Crippen LogP contribution in [0.5, 0.6) is 0 Å². The van der Waals surface area contributed by atoms with E-state index in [1.54, 1.807) is 0 Å². The van der Waals surface area contributed by atoms with Crippen molar-refractivity contribution < 1.29 is 5.11 Å². The van der Waals surface area contributed by atoms with Crippen molar-refractivity contribution in [2.45, 2.75) is 59.0 Å². The van der Waals surface area contributed by atoms with Gasteiger partial charge in [-0.2, -0.15) is 0 Å². The summed E-state index contributed by atoms with van der Waals surface area (Å²) in [6, 6.07) is 0. The molecule has 1 heteroatoms. The minimum Gasteiger partial charge on any atom is -0.386 e. The summed E-state index contributed by atoms with van der Waals surface area (Å²) in [7, 11) is 0. The third-order valence-electron chi connectivity index (χ3n) is 2.60. The second-order valence-corrected chi connectivity index (χ2v) is 3.91. The third kappa shape index (κ3) is 4.10. The Morgan fingerprint density at radius 1 is 1.21 bits per heavy atom. The second kappa shape index (κ2) is 6.83. The van der Waals surface area contributed by atoms with Gasteiger partial charge in [0.15, 0.2) is 0 Å². The van der Waals surface area contributed by atoms with Crippen molar-refractivity contribution in [2.24, 2.45) is 0 Å². The van der Waals surface area contributed by atoms with Gasteiger partial charge in [0.05, 0.1) is 5.60 Å². The zero-order valence-corrected chi connectivity index (χ0v) is 10.0. The first-order valence-electron chi connectivity index (χ1n) is 5.63. The highest BCUT2D eigenvalue weighted by Crippen LogP contribution is 2.27. The molecule has 0 aromatic rings. The summed E-state index contributed by atoms with van der Waals surface area (Å²) < 4.78 is 0. The first-order valence-corrected chi connectivity index (χ1v) is 5.63. The molecule has 82 valence electrons. The van der Waals surface area contributed by atoms with Gasteiger partial charge in [-0.3, -0.25) is 0 Å². The van der Waals surface area contributed by atoms with Gasteiger partial charge in [0.1, 0.15) is 0 Å². The van der Waals surface area contributed by atoms with E-state index in [1.165, 1.54) is 0 Å². The highest BCUT2D eigenvalue weighted by atomic mass is 16.3. The van der Waals surface area contributed by atoms with E-state index in [9.17, 15) is 5.11 Å². The number of hydrogen-bond donors (Lipinski definition) is 1. The molecule has 0 saturated heterocycles. The lowest BCUT2D eigenvalue weighted by atomic mass is 9.85. The number of hydrogen-bond acceptors (Lipinski definition) is 1.